The Labute approximate surface area is 106 Å². The van der Waals surface area contributed by atoms with Gasteiger partial charge in [0, 0.05) is 13.0 Å². The summed E-state index contributed by atoms with van der Waals surface area (Å²) in [5.74, 6) is -0.0806. The number of anilines is 1. The summed E-state index contributed by atoms with van der Waals surface area (Å²) >= 11 is 0. The third kappa shape index (κ3) is 2.61. The minimum Gasteiger partial charge on any atom is -0.496 e. The van der Waals surface area contributed by atoms with Crippen LogP contribution in [-0.4, -0.2) is 25.9 Å². The monoisotopic (exact) mass is 251 g/mol. The molecule has 0 aliphatic heterocycles. The molecule has 5 nitrogen and oxygen atoms in total. The molecule has 0 heterocycles. The molecule has 98 valence electrons. The highest BCUT2D eigenvalue weighted by molar-refractivity contribution is 6.39. The highest BCUT2D eigenvalue weighted by Gasteiger charge is 2.17. The Bertz CT molecular complexity index is 494. The van der Waals surface area contributed by atoms with E-state index >= 15 is 0 Å². The van der Waals surface area contributed by atoms with Crippen LogP contribution in [0.4, 0.5) is 5.69 Å². The molecule has 0 aliphatic carbocycles. The molecule has 0 bridgehead atoms. The lowest BCUT2D eigenvalue weighted by atomic mass is 10.1. The van der Waals surface area contributed by atoms with Crippen molar-refractivity contribution < 1.29 is 19.1 Å². The van der Waals surface area contributed by atoms with Gasteiger partial charge in [-0.05, 0) is 25.0 Å². The molecule has 1 N–H and O–H groups in total. The van der Waals surface area contributed by atoms with Crippen molar-refractivity contribution in [1.82, 2.24) is 0 Å². The van der Waals surface area contributed by atoms with Crippen LogP contribution in [0.15, 0.2) is 6.07 Å². The van der Waals surface area contributed by atoms with Crippen LogP contribution in [0, 0.1) is 13.8 Å². The van der Waals surface area contributed by atoms with Gasteiger partial charge in [0.15, 0.2) is 0 Å². The van der Waals surface area contributed by atoms with E-state index in [1.807, 2.05) is 13.8 Å². The molecule has 0 aliphatic rings. The normalized spacial score (nSPS) is 9.83. The fourth-order valence-electron chi connectivity index (χ4n) is 1.64. The molecular weight excluding hydrogens is 234 g/mol. The van der Waals surface area contributed by atoms with E-state index in [9.17, 15) is 9.59 Å². The number of carbonyl (C=O) groups is 2. The second-order valence-electron chi connectivity index (χ2n) is 3.92. The van der Waals surface area contributed by atoms with E-state index in [1.165, 1.54) is 14.0 Å². The fraction of sp³-hybridized carbons (Fsp3) is 0.385. The number of methoxy groups -OCH3 is 2. The van der Waals surface area contributed by atoms with Crippen LogP contribution in [0.5, 0.6) is 11.5 Å². The molecule has 0 unspecified atom stereocenters. The minimum absolute atomic E-state index is 0.428. The molecule has 0 saturated carbocycles. The van der Waals surface area contributed by atoms with Crippen LogP contribution in [0.1, 0.15) is 18.1 Å². The molecule has 0 atom stereocenters. The van der Waals surface area contributed by atoms with Crippen molar-refractivity contribution in [3.8, 4) is 11.5 Å². The Balaban J connectivity index is 3.29. The van der Waals surface area contributed by atoms with E-state index in [1.54, 1.807) is 13.2 Å². The summed E-state index contributed by atoms with van der Waals surface area (Å²) in [6.07, 6.45) is 0. The van der Waals surface area contributed by atoms with Gasteiger partial charge in [0.2, 0.25) is 5.78 Å². The molecule has 1 rings (SSSR count). The van der Waals surface area contributed by atoms with E-state index in [0.29, 0.717) is 17.2 Å². The number of benzene rings is 1. The van der Waals surface area contributed by atoms with Gasteiger partial charge in [0.25, 0.3) is 5.91 Å². The maximum Gasteiger partial charge on any atom is 0.291 e. The highest BCUT2D eigenvalue weighted by Crippen LogP contribution is 2.36. The van der Waals surface area contributed by atoms with E-state index in [2.05, 4.69) is 5.32 Å². The minimum atomic E-state index is -0.682. The van der Waals surface area contributed by atoms with Gasteiger partial charge in [-0.25, -0.2) is 0 Å². The Morgan fingerprint density at radius 3 is 2.17 bits per heavy atom. The van der Waals surface area contributed by atoms with Crippen molar-refractivity contribution in [2.45, 2.75) is 20.8 Å². The molecule has 1 aromatic rings. The number of carbonyl (C=O) groups excluding carboxylic acids is 2. The molecule has 18 heavy (non-hydrogen) atoms. The number of ketones is 1. The first-order valence-electron chi connectivity index (χ1n) is 5.46. The van der Waals surface area contributed by atoms with Crippen LogP contribution in [0.2, 0.25) is 0 Å². The molecule has 1 aromatic carbocycles. The number of nitrogens with one attached hydrogen (secondary N) is 1. The first kappa shape index (κ1) is 14.0. The summed E-state index contributed by atoms with van der Waals surface area (Å²) in [6.45, 7) is 4.97. The van der Waals surface area contributed by atoms with Crippen molar-refractivity contribution in [3.63, 3.8) is 0 Å². The van der Waals surface area contributed by atoms with E-state index in [4.69, 9.17) is 9.47 Å². The van der Waals surface area contributed by atoms with Gasteiger partial charge in [-0.2, -0.15) is 0 Å². The summed E-state index contributed by atoms with van der Waals surface area (Å²) in [5, 5.41) is 2.51. The summed E-state index contributed by atoms with van der Waals surface area (Å²) < 4.78 is 10.5. The molecule has 0 spiro atoms. The first-order chi connectivity index (χ1) is 8.42. The number of Topliss-reactive ketones (excluding diaryl/α,β-unsaturated/α-hetero) is 1. The molecule has 0 radical (unpaired) electrons. The van der Waals surface area contributed by atoms with Crippen molar-refractivity contribution in [2.75, 3.05) is 19.5 Å². The highest BCUT2D eigenvalue weighted by atomic mass is 16.5. The maximum atomic E-state index is 11.4. The van der Waals surface area contributed by atoms with Crippen LogP contribution >= 0.6 is 0 Å². The number of amides is 1. The van der Waals surface area contributed by atoms with Gasteiger partial charge in [-0.15, -0.1) is 0 Å². The maximum absolute atomic E-state index is 11.4. The van der Waals surface area contributed by atoms with E-state index < -0.39 is 11.7 Å². The third-order valence-corrected chi connectivity index (χ3v) is 2.78. The van der Waals surface area contributed by atoms with Crippen LogP contribution in [-0.2, 0) is 9.59 Å². The van der Waals surface area contributed by atoms with Crippen LogP contribution in [0.3, 0.4) is 0 Å². The van der Waals surface area contributed by atoms with Gasteiger partial charge < -0.3 is 14.8 Å². The lowest BCUT2D eigenvalue weighted by molar-refractivity contribution is -0.133. The van der Waals surface area contributed by atoms with Crippen molar-refractivity contribution in [2.24, 2.45) is 0 Å². The Kier molecular flexibility index (Phi) is 4.31. The van der Waals surface area contributed by atoms with Gasteiger partial charge in [0.05, 0.1) is 19.9 Å². The van der Waals surface area contributed by atoms with E-state index in [0.717, 1.165) is 11.1 Å². The lowest BCUT2D eigenvalue weighted by Gasteiger charge is -2.16. The molecule has 0 saturated heterocycles. The van der Waals surface area contributed by atoms with Crippen LogP contribution in [0.25, 0.3) is 0 Å². The van der Waals surface area contributed by atoms with E-state index in [-0.39, 0.29) is 0 Å². The van der Waals surface area contributed by atoms with Crippen molar-refractivity contribution >= 4 is 17.4 Å². The Morgan fingerprint density at radius 2 is 1.72 bits per heavy atom. The number of hydrogen-bond donors (Lipinski definition) is 1. The van der Waals surface area contributed by atoms with Gasteiger partial charge in [-0.1, -0.05) is 0 Å². The van der Waals surface area contributed by atoms with Crippen LogP contribution < -0.4 is 14.8 Å². The topological polar surface area (TPSA) is 64.6 Å². The fourth-order valence-corrected chi connectivity index (χ4v) is 1.64. The Hall–Kier alpha value is -2.04. The largest absolute Gasteiger partial charge is 0.496 e. The summed E-state index contributed by atoms with van der Waals surface area (Å²) in [4.78, 5) is 22.4. The molecular formula is C13H17NO4. The molecule has 0 aromatic heterocycles. The average Bonchev–Trinajstić information content (AvgIpc) is 2.33. The SMILES string of the molecule is COc1cc(NC(=O)C(C)=O)c(OC)c(C)c1C. The zero-order valence-electron chi connectivity index (χ0n) is 11.2. The van der Waals surface area contributed by atoms with Crippen molar-refractivity contribution in [3.05, 3.63) is 17.2 Å². The van der Waals surface area contributed by atoms with Gasteiger partial charge >= 0.3 is 0 Å². The molecule has 0 fully saturated rings. The molecule has 1 amide bonds. The second kappa shape index (κ2) is 5.53. The zero-order chi connectivity index (χ0) is 13.9. The predicted octanol–water partition coefficient (Wildman–Crippen LogP) is 1.85. The number of ether oxygens (including phenoxy) is 2. The summed E-state index contributed by atoms with van der Waals surface area (Å²) in [5.41, 5.74) is 2.21. The standard InChI is InChI=1S/C13H17NO4/c1-7-8(2)12(18-5)10(6-11(7)17-4)14-13(16)9(3)15/h6H,1-5H3,(H,14,16). The quantitative estimate of drug-likeness (QED) is 0.829. The smallest absolute Gasteiger partial charge is 0.291 e. The van der Waals surface area contributed by atoms with Gasteiger partial charge in [-0.3, -0.25) is 9.59 Å². The third-order valence-electron chi connectivity index (χ3n) is 2.78. The van der Waals surface area contributed by atoms with Gasteiger partial charge in [0.1, 0.15) is 11.5 Å². The number of hydrogen-bond acceptors (Lipinski definition) is 4. The first-order valence-corrected chi connectivity index (χ1v) is 5.46. The average molecular weight is 251 g/mol. The number of rotatable bonds is 4. The zero-order valence-corrected chi connectivity index (χ0v) is 11.2. The summed E-state index contributed by atoms with van der Waals surface area (Å²) in [7, 11) is 3.06. The predicted molar refractivity (Wildman–Crippen MR) is 68.3 cm³/mol. The summed E-state index contributed by atoms with van der Waals surface area (Å²) in [6, 6.07) is 1.64. The molecule has 5 heteroatoms. The Morgan fingerprint density at radius 1 is 1.11 bits per heavy atom. The lowest BCUT2D eigenvalue weighted by Crippen LogP contribution is -2.20. The second-order valence-corrected chi connectivity index (χ2v) is 3.92. The van der Waals surface area contributed by atoms with Crippen molar-refractivity contribution in [1.29, 1.82) is 0 Å².